The molecule has 3 aliphatic rings. The van der Waals surface area contributed by atoms with Gasteiger partial charge in [-0.15, -0.1) is 0 Å². The predicted molar refractivity (Wildman–Crippen MR) is 101 cm³/mol. The molecule has 0 bridgehead atoms. The number of ketones is 1. The van der Waals surface area contributed by atoms with Crippen molar-refractivity contribution in [1.29, 1.82) is 0 Å². The van der Waals surface area contributed by atoms with Crippen LogP contribution in [0.3, 0.4) is 0 Å². The molecule has 2 aliphatic heterocycles. The lowest BCUT2D eigenvalue weighted by molar-refractivity contribution is -0.125. The van der Waals surface area contributed by atoms with Crippen LogP contribution < -0.4 is 11.2 Å². The summed E-state index contributed by atoms with van der Waals surface area (Å²) in [4.78, 5) is 26.4. The standard InChI is InChI=1S/C20H22N4O3/c21-11-12-2-1-3-14(8-12)13-4-6-24(7-5-13)20(27)19-15-9-17(25)18(26)10-16(15)22-23-19/h1-3,8-10,13,16,22,26H,4-7,11,21H2. The molecule has 0 aromatic heterocycles. The van der Waals surface area contributed by atoms with Crippen LogP contribution in [0.5, 0.6) is 0 Å². The molecule has 27 heavy (non-hydrogen) atoms. The summed E-state index contributed by atoms with van der Waals surface area (Å²) in [5.41, 5.74) is 11.7. The Morgan fingerprint density at radius 1 is 1.33 bits per heavy atom. The van der Waals surface area contributed by atoms with Crippen LogP contribution in [0.2, 0.25) is 0 Å². The minimum atomic E-state index is -0.496. The lowest BCUT2D eigenvalue weighted by Gasteiger charge is -2.32. The number of aliphatic hydroxyl groups is 1. The summed E-state index contributed by atoms with van der Waals surface area (Å²) < 4.78 is 0. The summed E-state index contributed by atoms with van der Waals surface area (Å²) in [6.07, 6.45) is 4.44. The van der Waals surface area contributed by atoms with Gasteiger partial charge in [-0.3, -0.25) is 15.0 Å². The van der Waals surface area contributed by atoms with Crippen molar-refractivity contribution in [2.45, 2.75) is 31.3 Å². The molecule has 7 heteroatoms. The number of carbonyl (C=O) groups excluding carboxylic acids is 2. The zero-order valence-corrected chi connectivity index (χ0v) is 14.9. The number of hydrogen-bond donors (Lipinski definition) is 3. The Bertz CT molecular complexity index is 879. The molecular formula is C20H22N4O3. The first kappa shape index (κ1) is 17.5. The molecule has 1 atom stereocenters. The third kappa shape index (κ3) is 3.26. The van der Waals surface area contributed by atoms with Gasteiger partial charge in [-0.25, -0.2) is 0 Å². The van der Waals surface area contributed by atoms with Crippen molar-refractivity contribution in [3.8, 4) is 0 Å². The SMILES string of the molecule is NCc1cccc(C2CCN(C(=O)C3=NNC4C=C(O)C(=O)C=C34)CC2)c1. The third-order valence-corrected chi connectivity index (χ3v) is 5.43. The maximum Gasteiger partial charge on any atom is 0.274 e. The van der Waals surface area contributed by atoms with E-state index in [4.69, 9.17) is 5.73 Å². The van der Waals surface area contributed by atoms with E-state index in [1.165, 1.54) is 17.7 Å². The number of rotatable bonds is 3. The highest BCUT2D eigenvalue weighted by Gasteiger charge is 2.36. The molecule has 0 saturated carbocycles. The Morgan fingerprint density at radius 3 is 2.85 bits per heavy atom. The lowest BCUT2D eigenvalue weighted by atomic mass is 9.88. The number of allylic oxidation sites excluding steroid dienone is 1. The number of carbonyl (C=O) groups is 2. The summed E-state index contributed by atoms with van der Waals surface area (Å²) >= 11 is 0. The smallest absolute Gasteiger partial charge is 0.274 e. The number of nitrogens with zero attached hydrogens (tertiary/aromatic N) is 2. The molecule has 7 nitrogen and oxygen atoms in total. The van der Waals surface area contributed by atoms with Crippen molar-refractivity contribution >= 4 is 17.4 Å². The molecule has 4 rings (SSSR count). The molecule has 2 heterocycles. The molecule has 1 saturated heterocycles. The number of nitrogens with one attached hydrogen (secondary N) is 1. The predicted octanol–water partition coefficient (Wildman–Crippen LogP) is 1.13. The molecule has 4 N–H and O–H groups in total. The lowest BCUT2D eigenvalue weighted by Crippen LogP contribution is -2.42. The van der Waals surface area contributed by atoms with Gasteiger partial charge >= 0.3 is 0 Å². The topological polar surface area (TPSA) is 108 Å². The zero-order valence-electron chi connectivity index (χ0n) is 14.9. The van der Waals surface area contributed by atoms with E-state index in [2.05, 4.69) is 22.7 Å². The summed E-state index contributed by atoms with van der Waals surface area (Å²) in [7, 11) is 0. The van der Waals surface area contributed by atoms with Gasteiger partial charge in [-0.05, 0) is 42.0 Å². The van der Waals surface area contributed by atoms with E-state index < -0.39 is 11.8 Å². The maximum atomic E-state index is 12.9. The highest BCUT2D eigenvalue weighted by Crippen LogP contribution is 2.29. The van der Waals surface area contributed by atoms with Gasteiger partial charge in [-0.2, -0.15) is 5.10 Å². The van der Waals surface area contributed by atoms with Crippen LogP contribution in [0.25, 0.3) is 0 Å². The van der Waals surface area contributed by atoms with Gasteiger partial charge in [0.2, 0.25) is 5.78 Å². The van der Waals surface area contributed by atoms with Crippen LogP contribution in [0.4, 0.5) is 0 Å². The summed E-state index contributed by atoms with van der Waals surface area (Å²) in [5, 5.41) is 13.7. The van der Waals surface area contributed by atoms with E-state index in [9.17, 15) is 14.7 Å². The number of piperidine rings is 1. The highest BCUT2D eigenvalue weighted by atomic mass is 16.3. The second kappa shape index (κ2) is 7.00. The zero-order chi connectivity index (χ0) is 19.0. The normalized spacial score (nSPS) is 22.6. The van der Waals surface area contributed by atoms with Crippen molar-refractivity contribution in [2.75, 3.05) is 13.1 Å². The Balaban J connectivity index is 1.42. The summed E-state index contributed by atoms with van der Waals surface area (Å²) in [5.74, 6) is -0.579. The number of fused-ring (bicyclic) bond motifs is 1. The molecule has 1 aromatic rings. The van der Waals surface area contributed by atoms with Gasteiger partial charge < -0.3 is 15.7 Å². The van der Waals surface area contributed by atoms with Crippen molar-refractivity contribution in [3.63, 3.8) is 0 Å². The quantitative estimate of drug-likeness (QED) is 0.743. The van der Waals surface area contributed by atoms with Crippen LogP contribution in [-0.4, -0.2) is 46.5 Å². The fourth-order valence-corrected chi connectivity index (χ4v) is 3.87. The van der Waals surface area contributed by atoms with E-state index in [0.29, 0.717) is 31.1 Å². The molecule has 1 aromatic carbocycles. The van der Waals surface area contributed by atoms with E-state index in [1.54, 1.807) is 4.90 Å². The fourth-order valence-electron chi connectivity index (χ4n) is 3.87. The Labute approximate surface area is 157 Å². The van der Waals surface area contributed by atoms with Crippen molar-refractivity contribution in [2.24, 2.45) is 10.8 Å². The van der Waals surface area contributed by atoms with E-state index in [-0.39, 0.29) is 17.4 Å². The Hall–Kier alpha value is -2.93. The second-order valence-electron chi connectivity index (χ2n) is 7.10. The average molecular weight is 366 g/mol. The fraction of sp³-hybridized carbons (Fsp3) is 0.350. The van der Waals surface area contributed by atoms with Gasteiger partial charge in [0.1, 0.15) is 0 Å². The molecule has 1 amide bonds. The van der Waals surface area contributed by atoms with Crippen LogP contribution in [-0.2, 0) is 16.1 Å². The van der Waals surface area contributed by atoms with Crippen LogP contribution in [0, 0.1) is 0 Å². The number of aliphatic hydroxyl groups excluding tert-OH is 1. The van der Waals surface area contributed by atoms with Gasteiger partial charge in [0.15, 0.2) is 11.5 Å². The first-order valence-electron chi connectivity index (χ1n) is 9.15. The molecule has 1 aliphatic carbocycles. The van der Waals surface area contributed by atoms with E-state index in [1.807, 2.05) is 12.1 Å². The molecule has 0 spiro atoms. The average Bonchev–Trinajstić information content (AvgIpc) is 3.10. The van der Waals surface area contributed by atoms with Gasteiger partial charge in [0, 0.05) is 25.2 Å². The highest BCUT2D eigenvalue weighted by molar-refractivity contribution is 6.47. The summed E-state index contributed by atoms with van der Waals surface area (Å²) in [6, 6.07) is 7.90. The number of hydrazone groups is 1. The van der Waals surface area contributed by atoms with Gasteiger partial charge in [0.25, 0.3) is 5.91 Å². The maximum absolute atomic E-state index is 12.9. The first-order chi connectivity index (χ1) is 13.1. The summed E-state index contributed by atoms with van der Waals surface area (Å²) in [6.45, 7) is 1.81. The van der Waals surface area contributed by atoms with Crippen molar-refractivity contribution in [3.05, 3.63) is 58.9 Å². The number of benzene rings is 1. The van der Waals surface area contributed by atoms with Gasteiger partial charge in [-0.1, -0.05) is 24.3 Å². The minimum Gasteiger partial charge on any atom is -0.504 e. The van der Waals surface area contributed by atoms with Crippen LogP contribution in [0.1, 0.15) is 29.9 Å². The first-order valence-corrected chi connectivity index (χ1v) is 9.15. The van der Waals surface area contributed by atoms with Crippen molar-refractivity contribution < 1.29 is 14.7 Å². The molecular weight excluding hydrogens is 344 g/mol. The third-order valence-electron chi connectivity index (χ3n) is 5.43. The largest absolute Gasteiger partial charge is 0.504 e. The van der Waals surface area contributed by atoms with E-state index in [0.717, 1.165) is 18.4 Å². The van der Waals surface area contributed by atoms with Crippen molar-refractivity contribution in [1.82, 2.24) is 10.3 Å². The molecule has 1 unspecified atom stereocenters. The molecule has 0 radical (unpaired) electrons. The number of nitrogens with two attached hydrogens (primary N) is 1. The van der Waals surface area contributed by atoms with Crippen LogP contribution >= 0.6 is 0 Å². The van der Waals surface area contributed by atoms with E-state index >= 15 is 0 Å². The monoisotopic (exact) mass is 366 g/mol. The Morgan fingerprint density at radius 2 is 2.11 bits per heavy atom. The number of likely N-dealkylation sites (tertiary alicyclic amines) is 1. The van der Waals surface area contributed by atoms with Gasteiger partial charge in [0.05, 0.1) is 6.04 Å². The molecule has 140 valence electrons. The number of hydrogen-bond acceptors (Lipinski definition) is 6. The minimum absolute atomic E-state index is 0.173. The Kier molecular flexibility index (Phi) is 4.53. The molecule has 1 fully saturated rings. The van der Waals surface area contributed by atoms with Crippen LogP contribution in [0.15, 0.2) is 52.9 Å². The second-order valence-corrected chi connectivity index (χ2v) is 7.10. The number of amides is 1.